The first-order valence-corrected chi connectivity index (χ1v) is 36.5. The largest absolute Gasteiger partial charge is 0.465 e. The van der Waals surface area contributed by atoms with Crippen molar-refractivity contribution in [1.82, 2.24) is 40.0 Å². The predicted octanol–water partition coefficient (Wildman–Crippen LogP) is 10.7. The van der Waals surface area contributed by atoms with Crippen LogP contribution in [0.1, 0.15) is 147 Å². The molecular weight excluding hydrogens is 1500 g/mol. The number of hydrogen-bond acceptors (Lipinski definition) is 20. The number of carbonyl (C=O) groups excluding carboxylic acids is 9. The second kappa shape index (κ2) is 39.1. The minimum atomic E-state index is -0.725. The normalized spacial score (nSPS) is 17.3. The number of piperidine rings is 3. The van der Waals surface area contributed by atoms with Crippen molar-refractivity contribution in [3.63, 3.8) is 0 Å². The second-order valence-electron chi connectivity index (χ2n) is 27.9. The van der Waals surface area contributed by atoms with Crippen LogP contribution in [0.25, 0.3) is 0 Å². The molecule has 9 rings (SSSR count). The Morgan fingerprint density at radius 1 is 0.465 bits per heavy atom. The molecule has 26 nitrogen and oxygen atoms in total. The Bertz CT molecular complexity index is 3190. The van der Waals surface area contributed by atoms with Crippen molar-refractivity contribution >= 4 is 119 Å². The van der Waals surface area contributed by atoms with Gasteiger partial charge >= 0.3 is 36.2 Å². The molecule has 101 heavy (non-hydrogen) atoms. The van der Waals surface area contributed by atoms with Crippen LogP contribution in [0.4, 0.5) is 31.4 Å². The van der Waals surface area contributed by atoms with E-state index < -0.39 is 51.3 Å². The van der Waals surface area contributed by atoms with Gasteiger partial charge in [-0.3, -0.25) is 14.4 Å². The van der Waals surface area contributed by atoms with Crippen molar-refractivity contribution < 1.29 is 71.6 Å². The molecule has 6 fully saturated rings. The zero-order valence-electron chi connectivity index (χ0n) is 60.6. The highest BCUT2D eigenvalue weighted by Gasteiger charge is 2.56. The number of nitrogens with one attached hydrogen (secondary N) is 2. The van der Waals surface area contributed by atoms with Gasteiger partial charge in [-0.2, -0.15) is 0 Å². The Hall–Kier alpha value is -6.95. The molecule has 566 valence electrons. The molecule has 6 amide bonds. The molecule has 0 aromatic heterocycles. The van der Waals surface area contributed by atoms with E-state index >= 15 is 0 Å². The van der Waals surface area contributed by atoms with E-state index in [-0.39, 0.29) is 50.9 Å². The molecule has 0 unspecified atom stereocenters. The van der Waals surface area contributed by atoms with Crippen LogP contribution in [0.5, 0.6) is 0 Å². The van der Waals surface area contributed by atoms with Crippen molar-refractivity contribution in [3.8, 4) is 0 Å². The van der Waals surface area contributed by atoms with Gasteiger partial charge in [-0.05, 0) is 202 Å². The first-order chi connectivity index (χ1) is 46.6. The summed E-state index contributed by atoms with van der Waals surface area (Å²) in [7, 11) is 11.8. The highest BCUT2D eigenvalue weighted by Crippen LogP contribution is 2.43. The van der Waals surface area contributed by atoms with E-state index in [1.807, 2.05) is 142 Å². The standard InChI is InChI=1S/C24H36N4O5.C22H30BrN3O5.C20H27N3O5.C2H4Br2.C2H7N.2CH4/c1-23(2,3)33-22(31)26-13-11-24(12-14-26)21(30)27(16-15-25(4)5)17-28(24)19-9-7-18(8-10-19)20(29)32-6;1-21(2,3)31-20(29)24-12-9-22(10-13-24)19(28)25(14-11-23)15-26(22)17-7-5-16(6-8-17)18(27)30-4;1-19(2,3)28-18(26)22-11-9-20(10-12-22)17(25)21-13-23(20)15-7-5-14(6-8-15)16(24)27-4;3-1-2-4;1-3-2;;/h7-10H,11-17H2,1-6H3;5-8H,9-15H2,1-4H3;5-8H,9-13H2,1-4H3,(H,21,25);1-2H2;3H,1-2H3;2*1H4. The number of hydrogen-bond donors (Lipinski definition) is 2. The van der Waals surface area contributed by atoms with Crippen LogP contribution in [0, 0.1) is 0 Å². The van der Waals surface area contributed by atoms with Gasteiger partial charge in [-0.25, -0.2) is 28.8 Å². The second-order valence-corrected chi connectivity index (χ2v) is 30.2. The smallest absolute Gasteiger partial charge is 0.410 e. The summed E-state index contributed by atoms with van der Waals surface area (Å²) in [6.07, 6.45) is 2.04. The quantitative estimate of drug-likeness (QED) is 0.0970. The van der Waals surface area contributed by atoms with Crippen LogP contribution in [0.15, 0.2) is 72.8 Å². The lowest BCUT2D eigenvalue weighted by Crippen LogP contribution is -2.57. The fourth-order valence-electron chi connectivity index (χ4n) is 12.2. The number of alkyl halides is 3. The van der Waals surface area contributed by atoms with Crippen LogP contribution in [0.3, 0.4) is 0 Å². The number of esters is 3. The van der Waals surface area contributed by atoms with Gasteiger partial charge in [-0.1, -0.05) is 62.6 Å². The van der Waals surface area contributed by atoms with Gasteiger partial charge in [-0.15, -0.1) is 0 Å². The number of anilines is 3. The third-order valence-electron chi connectivity index (χ3n) is 17.1. The Morgan fingerprint density at radius 3 is 1.00 bits per heavy atom. The maximum absolute atomic E-state index is 13.7. The van der Waals surface area contributed by atoms with Gasteiger partial charge in [0.25, 0.3) is 0 Å². The maximum Gasteiger partial charge on any atom is 0.410 e. The Labute approximate surface area is 624 Å². The van der Waals surface area contributed by atoms with Crippen molar-refractivity contribution in [3.05, 3.63) is 89.5 Å². The lowest BCUT2D eigenvalue weighted by atomic mass is 9.85. The van der Waals surface area contributed by atoms with Gasteiger partial charge in [0.1, 0.15) is 33.4 Å². The van der Waals surface area contributed by atoms with Crippen LogP contribution >= 0.6 is 47.8 Å². The molecule has 0 saturated carbocycles. The van der Waals surface area contributed by atoms with Crippen LogP contribution in [-0.4, -0.2) is 261 Å². The number of ether oxygens (including phenoxy) is 6. The van der Waals surface area contributed by atoms with E-state index in [1.54, 1.807) is 51.1 Å². The number of amides is 6. The lowest BCUT2D eigenvalue weighted by Gasteiger charge is -2.43. The topological polar surface area (TPSA) is 262 Å². The number of nitrogens with zero attached hydrogens (tertiary/aromatic N) is 9. The van der Waals surface area contributed by atoms with Gasteiger partial charge in [0.05, 0.1) is 58.0 Å². The monoisotopic (exact) mass is 1610 g/mol. The number of methoxy groups -OCH3 is 3. The number of carbonyl (C=O) groups is 9. The molecule has 6 aliphatic rings. The molecule has 2 N–H and O–H groups in total. The van der Waals surface area contributed by atoms with Crippen LogP contribution in [-0.2, 0) is 42.8 Å². The van der Waals surface area contributed by atoms with Gasteiger partial charge in [0, 0.05) is 92.0 Å². The summed E-state index contributed by atoms with van der Waals surface area (Å²) in [6.45, 7) is 22.5. The lowest BCUT2D eigenvalue weighted by molar-refractivity contribution is -0.134. The van der Waals surface area contributed by atoms with Crippen molar-refractivity contribution in [2.45, 2.75) is 149 Å². The van der Waals surface area contributed by atoms with E-state index in [4.69, 9.17) is 28.4 Å². The molecule has 0 atom stereocenters. The average Bonchev–Trinajstić information content (AvgIpc) is 1.63. The molecule has 6 aliphatic heterocycles. The highest BCUT2D eigenvalue weighted by atomic mass is 79.9. The molecule has 6 saturated heterocycles. The van der Waals surface area contributed by atoms with E-state index in [0.717, 1.165) is 34.3 Å². The highest BCUT2D eigenvalue weighted by molar-refractivity contribution is 9.12. The average molecular weight is 1610 g/mol. The third kappa shape index (κ3) is 23.3. The fraction of sp³-hybridized carbons (Fsp3) is 0.625. The molecular formula is C72H112Br3N11O15. The summed E-state index contributed by atoms with van der Waals surface area (Å²) in [5, 5.41) is 8.46. The maximum atomic E-state index is 13.7. The minimum absolute atomic E-state index is 0. The molecule has 3 spiro atoms. The Balaban J connectivity index is 0.000000373. The molecule has 0 radical (unpaired) electrons. The van der Waals surface area contributed by atoms with Gasteiger partial charge in [0.2, 0.25) is 17.7 Å². The summed E-state index contributed by atoms with van der Waals surface area (Å²) >= 11 is 9.83. The number of likely N-dealkylation sites (tertiary alicyclic amines) is 3. The van der Waals surface area contributed by atoms with E-state index in [1.165, 1.54) is 21.3 Å². The van der Waals surface area contributed by atoms with Crippen molar-refractivity contribution in [2.24, 2.45) is 0 Å². The summed E-state index contributed by atoms with van der Waals surface area (Å²) in [4.78, 5) is 129. The number of likely N-dealkylation sites (N-methyl/N-ethyl adjacent to an activating group) is 1. The van der Waals surface area contributed by atoms with Crippen LogP contribution in [0.2, 0.25) is 0 Å². The van der Waals surface area contributed by atoms with Gasteiger partial charge in [0.15, 0.2) is 0 Å². The van der Waals surface area contributed by atoms with E-state index in [9.17, 15) is 43.2 Å². The Kier molecular flexibility index (Phi) is 34.1. The van der Waals surface area contributed by atoms with E-state index in [0.29, 0.717) is 133 Å². The summed E-state index contributed by atoms with van der Waals surface area (Å²) < 4.78 is 30.8. The van der Waals surface area contributed by atoms with Crippen molar-refractivity contribution in [2.75, 3.05) is 159 Å². The molecule has 0 aliphatic carbocycles. The first-order valence-electron chi connectivity index (χ1n) is 33.2. The Morgan fingerprint density at radius 2 is 0.743 bits per heavy atom. The zero-order valence-corrected chi connectivity index (χ0v) is 65.3. The predicted molar refractivity (Wildman–Crippen MR) is 405 cm³/mol. The number of halogens is 3. The first kappa shape index (κ1) is 88.3. The fourth-order valence-corrected chi connectivity index (χ4v) is 12.6. The zero-order chi connectivity index (χ0) is 73.8. The minimum Gasteiger partial charge on any atom is -0.465 e. The van der Waals surface area contributed by atoms with Crippen molar-refractivity contribution in [1.29, 1.82) is 0 Å². The SMILES string of the molecule is BrCCBr.C.C.CNC.COC(=O)c1ccc(N2CN(CCBr)C(=O)C23CCN(C(=O)OC(C)(C)C)CC3)cc1.COC(=O)c1ccc(N2CN(CCN(C)C)C(=O)C23CCN(C(=O)OC(C)(C)C)CC3)cc1.COC(=O)c1ccc(N2CNC(=O)C23CCN(C(=O)OC(C)(C)C)CC3)cc1. The third-order valence-corrected chi connectivity index (χ3v) is 19.3. The molecule has 3 aromatic carbocycles. The molecule has 29 heteroatoms. The number of rotatable bonds is 12. The summed E-state index contributed by atoms with van der Waals surface area (Å²) in [5.41, 5.74) is 0.142. The van der Waals surface area contributed by atoms with Gasteiger partial charge < -0.3 is 83.2 Å². The summed E-state index contributed by atoms with van der Waals surface area (Å²) in [6, 6.07) is 21.3. The number of benzene rings is 3. The van der Waals surface area contributed by atoms with E-state index in [2.05, 4.69) is 73.1 Å². The van der Waals surface area contributed by atoms with Crippen LogP contribution < -0.4 is 25.3 Å². The molecule has 3 aromatic rings. The molecule has 6 heterocycles. The molecule has 0 bridgehead atoms. The summed E-state index contributed by atoms with van der Waals surface area (Å²) in [5.74, 6) is -1.06.